The van der Waals surface area contributed by atoms with Crippen LogP contribution in [0.15, 0.2) is 30.3 Å². The van der Waals surface area contributed by atoms with E-state index in [1.807, 2.05) is 6.07 Å². The minimum absolute atomic E-state index is 0.0795. The normalized spacial score (nSPS) is 10.4. The summed E-state index contributed by atoms with van der Waals surface area (Å²) < 4.78 is 5.09. The second-order valence-electron chi connectivity index (χ2n) is 3.02. The van der Waals surface area contributed by atoms with Crippen molar-refractivity contribution in [1.29, 1.82) is 0 Å². The third-order valence-electron chi connectivity index (χ3n) is 2.14. The van der Waals surface area contributed by atoms with Crippen molar-refractivity contribution in [1.82, 2.24) is 0 Å². The number of fused-ring (bicyclic) bond motifs is 1. The van der Waals surface area contributed by atoms with Crippen LogP contribution in [0.25, 0.3) is 10.8 Å². The first-order valence-electron chi connectivity index (χ1n) is 4.21. The van der Waals surface area contributed by atoms with Crippen molar-refractivity contribution in [3.63, 3.8) is 0 Å². The van der Waals surface area contributed by atoms with Gasteiger partial charge in [0.1, 0.15) is 17.2 Å². The molecule has 0 amide bonds. The maximum absolute atomic E-state index is 9.55. The molecule has 0 aliphatic heterocycles. The summed E-state index contributed by atoms with van der Waals surface area (Å²) in [4.78, 5) is 0. The first-order chi connectivity index (χ1) is 6.72. The van der Waals surface area contributed by atoms with Crippen LogP contribution in [0.5, 0.6) is 17.2 Å². The Balaban J connectivity index is 2.87. The van der Waals surface area contributed by atoms with E-state index in [1.54, 1.807) is 12.1 Å². The Morgan fingerprint density at radius 1 is 1.07 bits per heavy atom. The number of ether oxygens (including phenoxy) is 1. The van der Waals surface area contributed by atoms with E-state index in [2.05, 4.69) is 0 Å². The van der Waals surface area contributed by atoms with Gasteiger partial charge in [-0.1, -0.05) is 12.1 Å². The minimum Gasteiger partial charge on any atom is -0.508 e. The van der Waals surface area contributed by atoms with E-state index < -0.39 is 0 Å². The monoisotopic (exact) mass is 190 g/mol. The Hall–Kier alpha value is -1.90. The van der Waals surface area contributed by atoms with Gasteiger partial charge in [0.05, 0.1) is 7.11 Å². The lowest BCUT2D eigenvalue weighted by atomic mass is 10.1. The van der Waals surface area contributed by atoms with Gasteiger partial charge >= 0.3 is 0 Å². The fourth-order valence-corrected chi connectivity index (χ4v) is 1.49. The van der Waals surface area contributed by atoms with Gasteiger partial charge in [0.15, 0.2) is 0 Å². The molecule has 0 bridgehead atoms. The van der Waals surface area contributed by atoms with Gasteiger partial charge in [-0.3, -0.25) is 0 Å². The number of aromatic hydroxyl groups is 2. The van der Waals surface area contributed by atoms with Gasteiger partial charge in [-0.25, -0.2) is 0 Å². The number of phenols is 2. The highest BCUT2D eigenvalue weighted by Crippen LogP contribution is 2.34. The third kappa shape index (κ3) is 1.23. The predicted molar refractivity (Wildman–Crippen MR) is 53.8 cm³/mol. The fraction of sp³-hybridized carbons (Fsp3) is 0.0909. The predicted octanol–water partition coefficient (Wildman–Crippen LogP) is 2.26. The quantitative estimate of drug-likeness (QED) is 0.725. The second-order valence-corrected chi connectivity index (χ2v) is 3.02. The van der Waals surface area contributed by atoms with Crippen LogP contribution in [-0.2, 0) is 0 Å². The summed E-state index contributed by atoms with van der Waals surface area (Å²) in [6.45, 7) is 0. The van der Waals surface area contributed by atoms with Crippen molar-refractivity contribution >= 4 is 10.8 Å². The maximum Gasteiger partial charge on any atom is 0.130 e. The van der Waals surface area contributed by atoms with E-state index in [0.29, 0.717) is 11.1 Å². The molecule has 0 unspecified atom stereocenters. The summed E-state index contributed by atoms with van der Waals surface area (Å²) >= 11 is 0. The molecule has 0 saturated heterocycles. The van der Waals surface area contributed by atoms with E-state index in [0.717, 1.165) is 5.39 Å². The zero-order valence-corrected chi connectivity index (χ0v) is 7.69. The molecule has 0 radical (unpaired) electrons. The summed E-state index contributed by atoms with van der Waals surface area (Å²) in [6.07, 6.45) is 0. The molecule has 0 heterocycles. The molecule has 0 saturated carbocycles. The van der Waals surface area contributed by atoms with E-state index >= 15 is 0 Å². The molecule has 3 heteroatoms. The molecule has 0 aliphatic carbocycles. The van der Waals surface area contributed by atoms with Crippen molar-refractivity contribution in [3.05, 3.63) is 30.3 Å². The van der Waals surface area contributed by atoms with Crippen molar-refractivity contribution in [3.8, 4) is 17.2 Å². The number of hydrogen-bond acceptors (Lipinski definition) is 3. The van der Waals surface area contributed by atoms with Gasteiger partial charge in [0.2, 0.25) is 0 Å². The van der Waals surface area contributed by atoms with Crippen LogP contribution in [0.4, 0.5) is 0 Å². The number of hydrogen-bond donors (Lipinski definition) is 2. The zero-order chi connectivity index (χ0) is 10.1. The zero-order valence-electron chi connectivity index (χ0n) is 7.69. The first-order valence-corrected chi connectivity index (χ1v) is 4.21. The van der Waals surface area contributed by atoms with Crippen LogP contribution in [0.2, 0.25) is 0 Å². The molecule has 14 heavy (non-hydrogen) atoms. The molecule has 0 aliphatic rings. The Kier molecular flexibility index (Phi) is 1.93. The Morgan fingerprint density at radius 3 is 2.57 bits per heavy atom. The lowest BCUT2D eigenvalue weighted by Gasteiger charge is -2.07. The Bertz CT molecular complexity index is 477. The average molecular weight is 190 g/mol. The van der Waals surface area contributed by atoms with Crippen LogP contribution in [0.3, 0.4) is 0 Å². The van der Waals surface area contributed by atoms with Gasteiger partial charge < -0.3 is 14.9 Å². The van der Waals surface area contributed by atoms with Crippen molar-refractivity contribution in [2.75, 3.05) is 7.11 Å². The number of rotatable bonds is 1. The molecule has 2 aromatic carbocycles. The number of benzene rings is 2. The fourth-order valence-electron chi connectivity index (χ4n) is 1.49. The van der Waals surface area contributed by atoms with Crippen molar-refractivity contribution < 1.29 is 14.9 Å². The smallest absolute Gasteiger partial charge is 0.130 e. The standard InChI is InChI=1S/C11H10O3/c1-14-11-6-7(12)5-9-8(11)3-2-4-10(9)13/h2-6,12-13H,1H3. The van der Waals surface area contributed by atoms with E-state index in [9.17, 15) is 10.2 Å². The molecule has 0 atom stereocenters. The largest absolute Gasteiger partial charge is 0.508 e. The van der Waals surface area contributed by atoms with Crippen molar-refractivity contribution in [2.24, 2.45) is 0 Å². The summed E-state index contributed by atoms with van der Waals surface area (Å²) in [5.74, 6) is 0.767. The molecule has 0 aromatic heterocycles. The van der Waals surface area contributed by atoms with Crippen molar-refractivity contribution in [2.45, 2.75) is 0 Å². The third-order valence-corrected chi connectivity index (χ3v) is 2.14. The van der Waals surface area contributed by atoms with Crippen LogP contribution < -0.4 is 4.74 Å². The number of methoxy groups -OCH3 is 1. The van der Waals surface area contributed by atoms with Gasteiger partial charge in [-0.05, 0) is 12.1 Å². The molecular weight excluding hydrogens is 180 g/mol. The van der Waals surface area contributed by atoms with Gasteiger partial charge in [-0.15, -0.1) is 0 Å². The Labute approximate surface area is 81.2 Å². The molecule has 2 rings (SSSR count). The lowest BCUT2D eigenvalue weighted by molar-refractivity contribution is 0.412. The summed E-state index contributed by atoms with van der Waals surface area (Å²) in [7, 11) is 1.53. The summed E-state index contributed by atoms with van der Waals surface area (Å²) in [5.41, 5.74) is 0. The van der Waals surface area contributed by atoms with Crippen LogP contribution in [0, 0.1) is 0 Å². The van der Waals surface area contributed by atoms with E-state index in [-0.39, 0.29) is 11.5 Å². The second kappa shape index (κ2) is 3.10. The van der Waals surface area contributed by atoms with Crippen LogP contribution >= 0.6 is 0 Å². The molecular formula is C11H10O3. The van der Waals surface area contributed by atoms with Crippen LogP contribution in [0.1, 0.15) is 0 Å². The molecule has 2 N–H and O–H groups in total. The molecule has 0 spiro atoms. The molecule has 0 fully saturated rings. The molecule has 72 valence electrons. The SMILES string of the molecule is COc1cc(O)cc2c(O)cccc12. The minimum atomic E-state index is 0.0795. The van der Waals surface area contributed by atoms with Gasteiger partial charge in [0.25, 0.3) is 0 Å². The number of phenolic OH excluding ortho intramolecular Hbond substituents is 2. The van der Waals surface area contributed by atoms with Crippen LogP contribution in [-0.4, -0.2) is 17.3 Å². The van der Waals surface area contributed by atoms with E-state index in [1.165, 1.54) is 19.2 Å². The highest BCUT2D eigenvalue weighted by atomic mass is 16.5. The highest BCUT2D eigenvalue weighted by molar-refractivity contribution is 5.94. The van der Waals surface area contributed by atoms with Gasteiger partial charge in [-0.2, -0.15) is 0 Å². The van der Waals surface area contributed by atoms with E-state index in [4.69, 9.17) is 4.74 Å². The lowest BCUT2D eigenvalue weighted by Crippen LogP contribution is -1.84. The summed E-state index contributed by atoms with van der Waals surface area (Å²) in [6, 6.07) is 8.15. The average Bonchev–Trinajstić information content (AvgIpc) is 2.18. The van der Waals surface area contributed by atoms with Gasteiger partial charge in [0, 0.05) is 16.8 Å². The molecule has 2 aromatic rings. The molecule has 3 nitrogen and oxygen atoms in total. The summed E-state index contributed by atoms with van der Waals surface area (Å²) in [5, 5.41) is 20.3. The Morgan fingerprint density at radius 2 is 1.86 bits per heavy atom. The maximum atomic E-state index is 9.55. The topological polar surface area (TPSA) is 49.7 Å². The highest BCUT2D eigenvalue weighted by Gasteiger charge is 2.06. The first kappa shape index (κ1) is 8.69.